The third-order valence-corrected chi connectivity index (χ3v) is 5.69. The topological polar surface area (TPSA) is 98.6 Å². The van der Waals surface area contributed by atoms with E-state index in [1.54, 1.807) is 36.2 Å². The third kappa shape index (κ3) is 4.59. The number of carbonyl (C=O) groups excluding carboxylic acids is 2. The Labute approximate surface area is 174 Å². The van der Waals surface area contributed by atoms with Crippen molar-refractivity contribution in [2.24, 2.45) is 5.92 Å². The molecule has 1 fully saturated rings. The van der Waals surface area contributed by atoms with E-state index in [2.05, 4.69) is 15.4 Å². The molecule has 0 radical (unpaired) electrons. The molecule has 1 saturated heterocycles. The average Bonchev–Trinajstić information content (AvgIpc) is 3.37. The highest BCUT2D eigenvalue weighted by atomic mass is 32.1. The summed E-state index contributed by atoms with van der Waals surface area (Å²) in [6.45, 7) is 7.05. The second-order valence-corrected chi connectivity index (χ2v) is 8.89. The Balaban J connectivity index is 1.88. The van der Waals surface area contributed by atoms with Gasteiger partial charge in [0.1, 0.15) is 0 Å². The Morgan fingerprint density at radius 3 is 2.72 bits per heavy atom. The maximum atomic E-state index is 13.1. The molecule has 1 aliphatic rings. The molecule has 0 saturated carbocycles. The predicted octanol–water partition coefficient (Wildman–Crippen LogP) is 2.32. The fraction of sp³-hybridized carbons (Fsp3) is 0.579. The van der Waals surface area contributed by atoms with Crippen molar-refractivity contribution < 1.29 is 19.1 Å². The van der Waals surface area contributed by atoms with Gasteiger partial charge in [-0.1, -0.05) is 11.3 Å². The molecule has 10 heteroatoms. The van der Waals surface area contributed by atoms with Crippen LogP contribution in [0, 0.1) is 5.92 Å². The summed E-state index contributed by atoms with van der Waals surface area (Å²) in [5.41, 5.74) is 0.397. The molecule has 0 spiro atoms. The zero-order chi connectivity index (χ0) is 21.2. The Morgan fingerprint density at radius 1 is 1.34 bits per heavy atom. The molecule has 9 nitrogen and oxygen atoms in total. The summed E-state index contributed by atoms with van der Waals surface area (Å²) in [5.74, 6) is -0.836. The number of thiazole rings is 1. The predicted molar refractivity (Wildman–Crippen MR) is 109 cm³/mol. The van der Waals surface area contributed by atoms with Crippen LogP contribution in [0.1, 0.15) is 38.8 Å². The minimum atomic E-state index is -0.545. The van der Waals surface area contributed by atoms with E-state index in [0.717, 1.165) is 5.56 Å². The van der Waals surface area contributed by atoms with Crippen LogP contribution in [-0.2, 0) is 20.9 Å². The molecule has 2 aromatic rings. The van der Waals surface area contributed by atoms with E-state index in [4.69, 9.17) is 9.47 Å². The molecule has 2 amide bonds. The molecule has 2 aromatic heterocycles. The van der Waals surface area contributed by atoms with Crippen molar-refractivity contribution in [1.82, 2.24) is 19.7 Å². The lowest BCUT2D eigenvalue weighted by Gasteiger charge is -2.38. The summed E-state index contributed by atoms with van der Waals surface area (Å²) in [5, 5.41) is 8.26. The van der Waals surface area contributed by atoms with Gasteiger partial charge in [0.15, 0.2) is 10.2 Å². The quantitative estimate of drug-likeness (QED) is 0.737. The van der Waals surface area contributed by atoms with Crippen molar-refractivity contribution in [1.29, 1.82) is 0 Å². The molecule has 0 aromatic carbocycles. The molecule has 0 bridgehead atoms. The summed E-state index contributed by atoms with van der Waals surface area (Å²) in [6.07, 6.45) is 5.30. The smallest absolute Gasteiger partial charge is 0.232 e. The molecule has 3 rings (SSSR count). The van der Waals surface area contributed by atoms with Crippen LogP contribution in [-0.4, -0.2) is 57.8 Å². The number of amides is 2. The fourth-order valence-electron chi connectivity index (χ4n) is 3.59. The molecule has 0 aliphatic carbocycles. The number of anilines is 1. The Morgan fingerprint density at radius 2 is 2.10 bits per heavy atom. The average molecular weight is 422 g/mol. The zero-order valence-electron chi connectivity index (χ0n) is 17.3. The van der Waals surface area contributed by atoms with Crippen molar-refractivity contribution in [2.45, 2.75) is 45.3 Å². The van der Waals surface area contributed by atoms with E-state index >= 15 is 0 Å². The van der Waals surface area contributed by atoms with Gasteiger partial charge in [0, 0.05) is 30.8 Å². The van der Waals surface area contributed by atoms with Crippen LogP contribution < -0.4 is 10.1 Å². The second kappa shape index (κ2) is 8.50. The molecule has 2 atom stereocenters. The van der Waals surface area contributed by atoms with Crippen molar-refractivity contribution in [3.63, 3.8) is 0 Å². The minimum Gasteiger partial charge on any atom is -0.486 e. The van der Waals surface area contributed by atoms with Gasteiger partial charge >= 0.3 is 0 Å². The zero-order valence-corrected chi connectivity index (χ0v) is 18.2. The first-order valence-electron chi connectivity index (χ1n) is 9.38. The van der Waals surface area contributed by atoms with E-state index in [1.807, 2.05) is 27.0 Å². The van der Waals surface area contributed by atoms with Crippen molar-refractivity contribution in [2.75, 3.05) is 26.1 Å². The van der Waals surface area contributed by atoms with Crippen molar-refractivity contribution >= 4 is 28.3 Å². The number of likely N-dealkylation sites (tertiary alicyclic amines) is 1. The van der Waals surface area contributed by atoms with Crippen LogP contribution in [0.4, 0.5) is 5.13 Å². The number of methoxy groups -OCH3 is 2. The standard InChI is InChI=1S/C19H27N5O4S/c1-19(2,3)24-14(25)8-13(17(26)22-18-20-10-15(28-5)29-18)16(24)12-9-21-23(11-12)6-7-27-4/h9-11,13,16H,6-8H2,1-5H3,(H,20,22,26). The monoisotopic (exact) mass is 421 g/mol. The lowest BCUT2D eigenvalue weighted by molar-refractivity contribution is -0.133. The van der Waals surface area contributed by atoms with Gasteiger partial charge < -0.3 is 19.7 Å². The molecule has 1 aliphatic heterocycles. The van der Waals surface area contributed by atoms with Crippen molar-refractivity contribution in [3.05, 3.63) is 24.2 Å². The molecular weight excluding hydrogens is 394 g/mol. The number of ether oxygens (including phenoxy) is 2. The van der Waals surface area contributed by atoms with Gasteiger partial charge in [-0.25, -0.2) is 4.98 Å². The van der Waals surface area contributed by atoms with E-state index < -0.39 is 17.5 Å². The Bertz CT molecular complexity index is 872. The number of carbonyl (C=O) groups is 2. The fourth-order valence-corrected chi connectivity index (χ4v) is 4.23. The lowest BCUT2D eigenvalue weighted by atomic mass is 9.93. The van der Waals surface area contributed by atoms with Crippen LogP contribution in [0.3, 0.4) is 0 Å². The van der Waals surface area contributed by atoms with Crippen LogP contribution in [0.2, 0.25) is 0 Å². The number of nitrogens with zero attached hydrogens (tertiary/aromatic N) is 4. The van der Waals surface area contributed by atoms with E-state index in [0.29, 0.717) is 23.3 Å². The van der Waals surface area contributed by atoms with E-state index in [-0.39, 0.29) is 18.2 Å². The highest BCUT2D eigenvalue weighted by Gasteiger charge is 2.49. The van der Waals surface area contributed by atoms with Crippen LogP contribution in [0.15, 0.2) is 18.6 Å². The first kappa shape index (κ1) is 21.3. The molecule has 1 N–H and O–H groups in total. The Kier molecular flexibility index (Phi) is 6.23. The summed E-state index contributed by atoms with van der Waals surface area (Å²) in [6, 6.07) is -0.402. The van der Waals surface area contributed by atoms with Gasteiger partial charge in [0.25, 0.3) is 0 Å². The van der Waals surface area contributed by atoms with Crippen LogP contribution in [0.25, 0.3) is 0 Å². The maximum absolute atomic E-state index is 13.1. The van der Waals surface area contributed by atoms with Crippen LogP contribution in [0.5, 0.6) is 5.06 Å². The van der Waals surface area contributed by atoms with Gasteiger partial charge in [-0.3, -0.25) is 14.3 Å². The summed E-state index contributed by atoms with van der Waals surface area (Å²) >= 11 is 1.24. The lowest BCUT2D eigenvalue weighted by Crippen LogP contribution is -2.44. The molecule has 3 heterocycles. The van der Waals surface area contributed by atoms with Gasteiger partial charge in [-0.05, 0) is 20.8 Å². The summed E-state index contributed by atoms with van der Waals surface area (Å²) in [7, 11) is 3.18. The van der Waals surface area contributed by atoms with Crippen molar-refractivity contribution in [3.8, 4) is 5.06 Å². The summed E-state index contributed by atoms with van der Waals surface area (Å²) < 4.78 is 12.0. The minimum absolute atomic E-state index is 0.0518. The summed E-state index contributed by atoms with van der Waals surface area (Å²) in [4.78, 5) is 31.9. The SMILES string of the molecule is COCCn1cc(C2C(C(=O)Nc3ncc(OC)s3)CC(=O)N2C(C)(C)C)cn1. The largest absolute Gasteiger partial charge is 0.486 e. The maximum Gasteiger partial charge on any atom is 0.232 e. The highest BCUT2D eigenvalue weighted by molar-refractivity contribution is 7.17. The number of aromatic nitrogens is 3. The van der Waals surface area contributed by atoms with Gasteiger partial charge in [0.2, 0.25) is 11.8 Å². The van der Waals surface area contributed by atoms with E-state index in [1.165, 1.54) is 11.3 Å². The number of hydrogen-bond acceptors (Lipinski definition) is 7. The van der Waals surface area contributed by atoms with E-state index in [9.17, 15) is 9.59 Å². The van der Waals surface area contributed by atoms with Crippen LogP contribution >= 0.6 is 11.3 Å². The Hall–Kier alpha value is -2.46. The third-order valence-electron chi connectivity index (χ3n) is 4.82. The number of hydrogen-bond donors (Lipinski definition) is 1. The molecule has 2 unspecified atom stereocenters. The molecular formula is C19H27N5O4S. The molecule has 29 heavy (non-hydrogen) atoms. The molecule has 158 valence electrons. The second-order valence-electron chi connectivity index (χ2n) is 7.90. The number of rotatable bonds is 7. The first-order valence-corrected chi connectivity index (χ1v) is 10.2. The first-order chi connectivity index (χ1) is 13.7. The number of nitrogens with one attached hydrogen (secondary N) is 1. The highest BCUT2D eigenvalue weighted by Crippen LogP contribution is 2.43. The van der Waals surface area contributed by atoms with Gasteiger partial charge in [-0.2, -0.15) is 5.10 Å². The normalized spacial score (nSPS) is 19.6. The van der Waals surface area contributed by atoms with Gasteiger partial charge in [-0.15, -0.1) is 0 Å². The van der Waals surface area contributed by atoms with Gasteiger partial charge in [0.05, 0.1) is 44.6 Å².